The highest BCUT2D eigenvalue weighted by molar-refractivity contribution is 6.12. The van der Waals surface area contributed by atoms with Gasteiger partial charge in [0.2, 0.25) is 0 Å². The van der Waals surface area contributed by atoms with Gasteiger partial charge in [-0.2, -0.15) is 0 Å². The van der Waals surface area contributed by atoms with Crippen LogP contribution in [0.15, 0.2) is 42.5 Å². The van der Waals surface area contributed by atoms with Crippen molar-refractivity contribution in [3.05, 3.63) is 48.0 Å². The van der Waals surface area contributed by atoms with Crippen molar-refractivity contribution in [3.8, 4) is 11.5 Å². The molecule has 0 atom stereocenters. The van der Waals surface area contributed by atoms with E-state index in [-0.39, 0.29) is 0 Å². The molecular formula is C26H34O2. The predicted octanol–water partition coefficient (Wildman–Crippen LogP) is 7.69. The Balaban J connectivity index is 2.13. The van der Waals surface area contributed by atoms with Gasteiger partial charge in [-0.15, -0.1) is 0 Å². The summed E-state index contributed by atoms with van der Waals surface area (Å²) < 4.78 is 12.8. The van der Waals surface area contributed by atoms with Crippen LogP contribution in [0.4, 0.5) is 0 Å². The number of benzene rings is 3. The molecule has 0 spiro atoms. The maximum absolute atomic E-state index is 6.42. The van der Waals surface area contributed by atoms with Crippen LogP contribution in [0.2, 0.25) is 0 Å². The first-order valence-corrected chi connectivity index (χ1v) is 11.0. The smallest absolute Gasteiger partial charge is 0.135 e. The number of hydrogen-bond donors (Lipinski definition) is 0. The van der Waals surface area contributed by atoms with E-state index in [1.807, 2.05) is 0 Å². The minimum atomic E-state index is 0.764. The van der Waals surface area contributed by atoms with Crippen LogP contribution in [0.5, 0.6) is 11.5 Å². The summed E-state index contributed by atoms with van der Waals surface area (Å²) in [6.45, 7) is 8.20. The number of ether oxygens (including phenoxy) is 2. The summed E-state index contributed by atoms with van der Waals surface area (Å²) >= 11 is 0. The Labute approximate surface area is 169 Å². The van der Waals surface area contributed by atoms with Gasteiger partial charge in [0, 0.05) is 21.5 Å². The monoisotopic (exact) mass is 378 g/mol. The van der Waals surface area contributed by atoms with E-state index in [1.165, 1.54) is 42.0 Å². The molecule has 0 N–H and O–H groups in total. The van der Waals surface area contributed by atoms with Crippen LogP contribution in [-0.4, -0.2) is 13.2 Å². The van der Waals surface area contributed by atoms with Gasteiger partial charge < -0.3 is 9.47 Å². The maximum Gasteiger partial charge on any atom is 0.135 e. The fourth-order valence-electron chi connectivity index (χ4n) is 3.87. The average molecular weight is 379 g/mol. The third-order valence-corrected chi connectivity index (χ3v) is 5.41. The molecule has 0 fully saturated rings. The molecule has 150 valence electrons. The topological polar surface area (TPSA) is 18.5 Å². The van der Waals surface area contributed by atoms with E-state index in [4.69, 9.17) is 9.47 Å². The standard InChI is InChI=1S/C26H34O2/c1-4-7-11-18-27-25-21-15-9-10-16-22(21)26(28-19-12-8-5-2)24-20(6-3)14-13-17-23(24)25/h9-10,13-17H,4-8,11-12,18-19H2,1-3H3. The summed E-state index contributed by atoms with van der Waals surface area (Å²) in [6.07, 6.45) is 7.98. The molecule has 0 aromatic heterocycles. The summed E-state index contributed by atoms with van der Waals surface area (Å²) in [7, 11) is 0. The Bertz CT molecular complexity index is 898. The molecule has 2 nitrogen and oxygen atoms in total. The highest BCUT2D eigenvalue weighted by atomic mass is 16.5. The highest BCUT2D eigenvalue weighted by Crippen LogP contribution is 2.44. The van der Waals surface area contributed by atoms with Crippen molar-refractivity contribution < 1.29 is 9.47 Å². The molecule has 28 heavy (non-hydrogen) atoms. The number of fused-ring (bicyclic) bond motifs is 2. The SMILES string of the molecule is CCCCCOc1c2ccccc2c(OCCCCC)c2c(CC)cccc12. The van der Waals surface area contributed by atoms with Gasteiger partial charge in [-0.1, -0.05) is 88.9 Å². The summed E-state index contributed by atoms with van der Waals surface area (Å²) in [5.74, 6) is 2.04. The molecule has 0 bridgehead atoms. The van der Waals surface area contributed by atoms with Crippen LogP contribution in [0.3, 0.4) is 0 Å². The molecule has 0 aliphatic carbocycles. The van der Waals surface area contributed by atoms with Gasteiger partial charge in [-0.05, 0) is 24.8 Å². The first-order valence-electron chi connectivity index (χ1n) is 11.0. The van der Waals surface area contributed by atoms with Crippen molar-refractivity contribution in [3.63, 3.8) is 0 Å². The molecule has 0 unspecified atom stereocenters. The molecule has 0 aliphatic rings. The molecule has 3 rings (SSSR count). The van der Waals surface area contributed by atoms with Crippen LogP contribution in [-0.2, 0) is 6.42 Å². The van der Waals surface area contributed by atoms with E-state index >= 15 is 0 Å². The van der Waals surface area contributed by atoms with Gasteiger partial charge in [0.15, 0.2) is 0 Å². The first-order chi connectivity index (χ1) is 13.8. The van der Waals surface area contributed by atoms with E-state index in [0.29, 0.717) is 0 Å². The number of aryl methyl sites for hydroxylation is 1. The number of rotatable bonds is 11. The number of unbranched alkanes of at least 4 members (excludes halogenated alkanes) is 4. The van der Waals surface area contributed by atoms with Crippen LogP contribution < -0.4 is 9.47 Å². The van der Waals surface area contributed by atoms with Crippen molar-refractivity contribution in [1.82, 2.24) is 0 Å². The average Bonchev–Trinajstić information content (AvgIpc) is 2.74. The molecule has 2 heteroatoms. The summed E-state index contributed by atoms with van der Waals surface area (Å²) in [4.78, 5) is 0. The van der Waals surface area contributed by atoms with Gasteiger partial charge in [-0.3, -0.25) is 0 Å². The van der Waals surface area contributed by atoms with Crippen molar-refractivity contribution in [2.24, 2.45) is 0 Å². The lowest BCUT2D eigenvalue weighted by molar-refractivity contribution is 0.308. The van der Waals surface area contributed by atoms with E-state index in [1.54, 1.807) is 0 Å². The molecule has 3 aromatic rings. The fraction of sp³-hybridized carbons (Fsp3) is 0.462. The zero-order chi connectivity index (χ0) is 19.8. The zero-order valence-electron chi connectivity index (χ0n) is 17.7. The maximum atomic E-state index is 6.42. The second kappa shape index (κ2) is 10.4. The Morgan fingerprint density at radius 2 is 1.18 bits per heavy atom. The minimum Gasteiger partial charge on any atom is -0.492 e. The molecule has 0 saturated carbocycles. The lowest BCUT2D eigenvalue weighted by atomic mass is 9.96. The van der Waals surface area contributed by atoms with Crippen molar-refractivity contribution in [1.29, 1.82) is 0 Å². The predicted molar refractivity (Wildman–Crippen MR) is 121 cm³/mol. The Morgan fingerprint density at radius 3 is 1.79 bits per heavy atom. The molecule has 0 heterocycles. The summed E-state index contributed by atoms with van der Waals surface area (Å²) in [5.41, 5.74) is 1.33. The lowest BCUT2D eigenvalue weighted by Gasteiger charge is -2.19. The van der Waals surface area contributed by atoms with Gasteiger partial charge in [0.1, 0.15) is 11.5 Å². The van der Waals surface area contributed by atoms with Gasteiger partial charge in [0.05, 0.1) is 13.2 Å². The molecule has 0 radical (unpaired) electrons. The molecular weight excluding hydrogens is 344 g/mol. The largest absolute Gasteiger partial charge is 0.492 e. The van der Waals surface area contributed by atoms with Gasteiger partial charge in [0.25, 0.3) is 0 Å². The van der Waals surface area contributed by atoms with E-state index in [0.717, 1.165) is 54.7 Å². The van der Waals surface area contributed by atoms with Gasteiger partial charge >= 0.3 is 0 Å². The van der Waals surface area contributed by atoms with Crippen LogP contribution in [0.25, 0.3) is 21.5 Å². The van der Waals surface area contributed by atoms with E-state index < -0.39 is 0 Å². The van der Waals surface area contributed by atoms with Crippen molar-refractivity contribution >= 4 is 21.5 Å². The van der Waals surface area contributed by atoms with Crippen molar-refractivity contribution in [2.75, 3.05) is 13.2 Å². The second-order valence-electron chi connectivity index (χ2n) is 7.51. The van der Waals surface area contributed by atoms with Crippen LogP contribution in [0.1, 0.15) is 64.9 Å². The first kappa shape index (κ1) is 20.5. The van der Waals surface area contributed by atoms with Crippen LogP contribution in [0, 0.1) is 0 Å². The Hall–Kier alpha value is -2.22. The summed E-state index contributed by atoms with van der Waals surface area (Å²) in [5, 5.41) is 4.73. The number of hydrogen-bond acceptors (Lipinski definition) is 2. The summed E-state index contributed by atoms with van der Waals surface area (Å²) in [6, 6.07) is 15.1. The second-order valence-corrected chi connectivity index (χ2v) is 7.51. The minimum absolute atomic E-state index is 0.764. The fourth-order valence-corrected chi connectivity index (χ4v) is 3.87. The van der Waals surface area contributed by atoms with Gasteiger partial charge in [-0.25, -0.2) is 0 Å². The normalized spacial score (nSPS) is 11.2. The highest BCUT2D eigenvalue weighted by Gasteiger charge is 2.18. The molecule has 3 aromatic carbocycles. The lowest BCUT2D eigenvalue weighted by Crippen LogP contribution is -2.03. The molecule has 0 aliphatic heterocycles. The van der Waals surface area contributed by atoms with Crippen LogP contribution >= 0.6 is 0 Å². The zero-order valence-corrected chi connectivity index (χ0v) is 17.7. The van der Waals surface area contributed by atoms with E-state index in [9.17, 15) is 0 Å². The Morgan fingerprint density at radius 1 is 0.607 bits per heavy atom. The third-order valence-electron chi connectivity index (χ3n) is 5.41. The third kappa shape index (κ3) is 4.43. The van der Waals surface area contributed by atoms with E-state index in [2.05, 4.69) is 63.2 Å². The molecule has 0 saturated heterocycles. The quantitative estimate of drug-likeness (QED) is 0.251. The molecule has 0 amide bonds. The Kier molecular flexibility index (Phi) is 7.59. The van der Waals surface area contributed by atoms with Crippen molar-refractivity contribution in [2.45, 2.75) is 65.7 Å².